The number of hydrogen-bond donors (Lipinski definition) is 0. The van der Waals surface area contributed by atoms with Crippen molar-refractivity contribution in [2.75, 3.05) is 25.6 Å². The maximum absolute atomic E-state index is 11.8. The minimum Gasteiger partial charge on any atom is -0.372 e. The minimum atomic E-state index is 0.0819. The van der Waals surface area contributed by atoms with Crippen molar-refractivity contribution < 1.29 is 9.53 Å². The molecule has 1 fully saturated rings. The SMILES string of the molecule is CCCOCC(=O)N1CCC(C)C1CCl. The molecule has 0 radical (unpaired) electrons. The molecular formula is C11H20ClNO2. The molecule has 1 heterocycles. The summed E-state index contributed by atoms with van der Waals surface area (Å²) in [6.45, 7) is 5.86. The lowest BCUT2D eigenvalue weighted by atomic mass is 10.1. The Bertz CT molecular complexity index is 211. The standard InChI is InChI=1S/C11H20ClNO2/c1-3-6-15-8-11(14)13-5-4-9(2)10(13)7-12/h9-10H,3-8H2,1-2H3. The average Bonchev–Trinajstić information content (AvgIpc) is 2.59. The zero-order valence-corrected chi connectivity index (χ0v) is 10.3. The van der Waals surface area contributed by atoms with E-state index >= 15 is 0 Å². The fourth-order valence-electron chi connectivity index (χ4n) is 1.94. The molecule has 3 nitrogen and oxygen atoms in total. The lowest BCUT2D eigenvalue weighted by molar-refractivity contribution is -0.136. The van der Waals surface area contributed by atoms with Gasteiger partial charge in [0.05, 0.1) is 0 Å². The van der Waals surface area contributed by atoms with E-state index in [9.17, 15) is 4.79 Å². The first-order valence-electron chi connectivity index (χ1n) is 5.63. The van der Waals surface area contributed by atoms with Crippen molar-refractivity contribution in [3.63, 3.8) is 0 Å². The molecule has 4 heteroatoms. The van der Waals surface area contributed by atoms with E-state index in [-0.39, 0.29) is 18.6 Å². The molecule has 2 atom stereocenters. The third kappa shape index (κ3) is 3.35. The van der Waals surface area contributed by atoms with Crippen LogP contribution in [0.2, 0.25) is 0 Å². The van der Waals surface area contributed by atoms with E-state index in [1.165, 1.54) is 0 Å². The monoisotopic (exact) mass is 233 g/mol. The summed E-state index contributed by atoms with van der Waals surface area (Å²) in [6, 6.07) is 0.199. The Morgan fingerprint density at radius 2 is 2.33 bits per heavy atom. The van der Waals surface area contributed by atoms with Crippen LogP contribution in [0.15, 0.2) is 0 Å². The maximum Gasteiger partial charge on any atom is 0.248 e. The van der Waals surface area contributed by atoms with Gasteiger partial charge in [0.25, 0.3) is 0 Å². The minimum absolute atomic E-state index is 0.0819. The van der Waals surface area contributed by atoms with Crippen LogP contribution in [0.25, 0.3) is 0 Å². The summed E-state index contributed by atoms with van der Waals surface area (Å²) in [7, 11) is 0. The molecule has 0 aromatic heterocycles. The molecule has 0 aromatic carbocycles. The molecule has 0 aromatic rings. The van der Waals surface area contributed by atoms with Gasteiger partial charge in [0.15, 0.2) is 0 Å². The normalized spacial score (nSPS) is 25.9. The summed E-state index contributed by atoms with van der Waals surface area (Å²) >= 11 is 5.87. The number of rotatable bonds is 5. The Balaban J connectivity index is 2.38. The van der Waals surface area contributed by atoms with Gasteiger partial charge in [-0.05, 0) is 18.8 Å². The molecule has 1 rings (SSSR count). The van der Waals surface area contributed by atoms with Crippen molar-refractivity contribution in [2.45, 2.75) is 32.7 Å². The Morgan fingerprint density at radius 1 is 1.60 bits per heavy atom. The van der Waals surface area contributed by atoms with E-state index in [2.05, 4.69) is 6.92 Å². The molecular weight excluding hydrogens is 214 g/mol. The van der Waals surface area contributed by atoms with Crippen LogP contribution in [0, 0.1) is 5.92 Å². The highest BCUT2D eigenvalue weighted by Crippen LogP contribution is 2.24. The summed E-state index contributed by atoms with van der Waals surface area (Å²) in [5, 5.41) is 0. The number of likely N-dealkylation sites (tertiary alicyclic amines) is 1. The zero-order chi connectivity index (χ0) is 11.3. The second-order valence-corrected chi connectivity index (χ2v) is 4.44. The van der Waals surface area contributed by atoms with Gasteiger partial charge < -0.3 is 9.64 Å². The van der Waals surface area contributed by atoms with Crippen LogP contribution >= 0.6 is 11.6 Å². The Labute approximate surface area is 96.7 Å². The van der Waals surface area contributed by atoms with Crippen LogP contribution < -0.4 is 0 Å². The van der Waals surface area contributed by atoms with Gasteiger partial charge in [-0.25, -0.2) is 0 Å². The number of halogens is 1. The zero-order valence-electron chi connectivity index (χ0n) is 9.54. The molecule has 0 saturated carbocycles. The van der Waals surface area contributed by atoms with Gasteiger partial charge in [0.2, 0.25) is 5.91 Å². The van der Waals surface area contributed by atoms with Crippen LogP contribution in [0.4, 0.5) is 0 Å². The molecule has 2 unspecified atom stereocenters. The van der Waals surface area contributed by atoms with Crippen molar-refractivity contribution in [2.24, 2.45) is 5.92 Å². The molecule has 0 aliphatic carbocycles. The fourth-order valence-corrected chi connectivity index (χ4v) is 2.41. The Kier molecular flexibility index (Phi) is 5.40. The van der Waals surface area contributed by atoms with Gasteiger partial charge in [-0.15, -0.1) is 11.6 Å². The molecule has 15 heavy (non-hydrogen) atoms. The summed E-state index contributed by atoms with van der Waals surface area (Å²) in [4.78, 5) is 13.6. The molecule has 0 bridgehead atoms. The Hall–Kier alpha value is -0.280. The molecule has 1 amide bonds. The van der Waals surface area contributed by atoms with Crippen LogP contribution in [-0.2, 0) is 9.53 Å². The van der Waals surface area contributed by atoms with Crippen molar-refractivity contribution in [1.82, 2.24) is 4.90 Å². The summed E-state index contributed by atoms with van der Waals surface area (Å²) in [6.07, 6.45) is 2.00. The number of amides is 1. The third-order valence-electron chi connectivity index (χ3n) is 2.93. The topological polar surface area (TPSA) is 29.5 Å². The van der Waals surface area contributed by atoms with Crippen LogP contribution in [0.5, 0.6) is 0 Å². The van der Waals surface area contributed by atoms with E-state index in [4.69, 9.17) is 16.3 Å². The quantitative estimate of drug-likeness (QED) is 0.536. The molecule has 0 N–H and O–H groups in total. The van der Waals surface area contributed by atoms with Crippen LogP contribution in [0.1, 0.15) is 26.7 Å². The predicted octanol–water partition coefficient (Wildman–Crippen LogP) is 1.89. The van der Waals surface area contributed by atoms with Gasteiger partial charge in [-0.2, -0.15) is 0 Å². The summed E-state index contributed by atoms with van der Waals surface area (Å²) in [5.41, 5.74) is 0. The van der Waals surface area contributed by atoms with Crippen molar-refractivity contribution in [3.8, 4) is 0 Å². The van der Waals surface area contributed by atoms with E-state index in [1.807, 2.05) is 11.8 Å². The van der Waals surface area contributed by atoms with Crippen LogP contribution in [-0.4, -0.2) is 42.5 Å². The predicted molar refractivity (Wildman–Crippen MR) is 61.1 cm³/mol. The van der Waals surface area contributed by atoms with E-state index < -0.39 is 0 Å². The lowest BCUT2D eigenvalue weighted by Crippen LogP contribution is -2.40. The van der Waals surface area contributed by atoms with Gasteiger partial charge in [-0.1, -0.05) is 13.8 Å². The number of carbonyl (C=O) groups excluding carboxylic acids is 1. The van der Waals surface area contributed by atoms with Crippen molar-refractivity contribution >= 4 is 17.5 Å². The third-order valence-corrected chi connectivity index (χ3v) is 3.25. The average molecular weight is 234 g/mol. The highest BCUT2D eigenvalue weighted by molar-refractivity contribution is 6.18. The number of carbonyl (C=O) groups is 1. The second kappa shape index (κ2) is 6.33. The van der Waals surface area contributed by atoms with E-state index in [0.29, 0.717) is 18.4 Å². The maximum atomic E-state index is 11.8. The van der Waals surface area contributed by atoms with E-state index in [1.54, 1.807) is 0 Å². The van der Waals surface area contributed by atoms with Gasteiger partial charge >= 0.3 is 0 Å². The molecule has 0 spiro atoms. The van der Waals surface area contributed by atoms with Gasteiger partial charge in [0, 0.05) is 25.1 Å². The first-order valence-corrected chi connectivity index (χ1v) is 6.17. The van der Waals surface area contributed by atoms with Gasteiger partial charge in [0.1, 0.15) is 6.61 Å². The van der Waals surface area contributed by atoms with Crippen LogP contribution in [0.3, 0.4) is 0 Å². The lowest BCUT2D eigenvalue weighted by Gasteiger charge is -2.25. The number of nitrogens with zero attached hydrogens (tertiary/aromatic N) is 1. The highest BCUT2D eigenvalue weighted by atomic mass is 35.5. The largest absolute Gasteiger partial charge is 0.372 e. The summed E-state index contributed by atoms with van der Waals surface area (Å²) < 4.78 is 5.25. The second-order valence-electron chi connectivity index (χ2n) is 4.13. The molecule has 1 aliphatic heterocycles. The van der Waals surface area contributed by atoms with Crippen molar-refractivity contribution in [1.29, 1.82) is 0 Å². The summed E-state index contributed by atoms with van der Waals surface area (Å²) in [5.74, 6) is 1.12. The number of hydrogen-bond acceptors (Lipinski definition) is 2. The van der Waals surface area contributed by atoms with Crippen molar-refractivity contribution in [3.05, 3.63) is 0 Å². The van der Waals surface area contributed by atoms with E-state index in [0.717, 1.165) is 19.4 Å². The molecule has 1 aliphatic rings. The van der Waals surface area contributed by atoms with Gasteiger partial charge in [-0.3, -0.25) is 4.79 Å². The number of alkyl halides is 1. The Morgan fingerprint density at radius 3 is 2.93 bits per heavy atom. The number of ether oxygens (including phenoxy) is 1. The highest BCUT2D eigenvalue weighted by Gasteiger charge is 2.33. The first kappa shape index (κ1) is 12.8. The molecule has 88 valence electrons. The molecule has 1 saturated heterocycles. The first-order chi connectivity index (χ1) is 7.20. The fraction of sp³-hybridized carbons (Fsp3) is 0.909. The smallest absolute Gasteiger partial charge is 0.248 e.